The molecule has 1 heterocycles. The molecule has 0 aliphatic carbocycles. The molecule has 23 heavy (non-hydrogen) atoms. The highest BCUT2D eigenvalue weighted by molar-refractivity contribution is 7.89. The van der Waals surface area contributed by atoms with Crippen molar-refractivity contribution in [1.82, 2.24) is 4.31 Å². The van der Waals surface area contributed by atoms with Crippen molar-refractivity contribution in [3.63, 3.8) is 0 Å². The number of carbonyl (C=O) groups excluding carboxylic acids is 1. The monoisotopic (exact) mass is 331 g/mol. The molecule has 0 bridgehead atoms. The van der Waals surface area contributed by atoms with Gasteiger partial charge in [-0.2, -0.15) is 4.31 Å². The van der Waals surface area contributed by atoms with Crippen LogP contribution in [0.1, 0.15) is 24.2 Å². The second-order valence-electron chi connectivity index (χ2n) is 5.57. The molecule has 0 N–H and O–H groups in total. The van der Waals surface area contributed by atoms with Gasteiger partial charge in [0.15, 0.2) is 6.10 Å². The van der Waals surface area contributed by atoms with Crippen molar-refractivity contribution >= 4 is 16.1 Å². The molecule has 2 aromatic rings. The fraction of sp³-hybridized carbons (Fsp3) is 0.235. The summed E-state index contributed by atoms with van der Waals surface area (Å²) in [5.41, 5.74) is 1.72. The van der Waals surface area contributed by atoms with Crippen LogP contribution in [0.3, 0.4) is 0 Å². The van der Waals surface area contributed by atoms with E-state index in [0.717, 1.165) is 15.4 Å². The zero-order chi connectivity index (χ0) is 16.6. The quantitative estimate of drug-likeness (QED) is 0.866. The van der Waals surface area contributed by atoms with Crippen LogP contribution in [0.25, 0.3) is 0 Å². The molecule has 6 heteroatoms. The van der Waals surface area contributed by atoms with E-state index < -0.39 is 28.3 Å². The third kappa shape index (κ3) is 2.70. The van der Waals surface area contributed by atoms with Gasteiger partial charge in [0.2, 0.25) is 0 Å². The number of carbonyl (C=O) groups is 1. The van der Waals surface area contributed by atoms with Crippen molar-refractivity contribution in [3.8, 4) is 0 Å². The van der Waals surface area contributed by atoms with Crippen molar-refractivity contribution < 1.29 is 17.9 Å². The second kappa shape index (κ2) is 5.70. The summed E-state index contributed by atoms with van der Waals surface area (Å²) in [6.45, 7) is 3.54. The Morgan fingerprint density at radius 1 is 1.00 bits per heavy atom. The number of hydrogen-bond acceptors (Lipinski definition) is 4. The molecule has 1 saturated heterocycles. The molecule has 2 atom stereocenters. The molecule has 1 aliphatic heterocycles. The van der Waals surface area contributed by atoms with Crippen molar-refractivity contribution in [2.45, 2.75) is 30.9 Å². The van der Waals surface area contributed by atoms with E-state index in [1.54, 1.807) is 19.1 Å². The van der Waals surface area contributed by atoms with Gasteiger partial charge in [0.25, 0.3) is 10.0 Å². The molecule has 2 unspecified atom stereocenters. The molecule has 1 fully saturated rings. The largest absolute Gasteiger partial charge is 0.438 e. The molecule has 0 spiro atoms. The third-order valence-electron chi connectivity index (χ3n) is 3.92. The minimum atomic E-state index is -3.94. The van der Waals surface area contributed by atoms with Gasteiger partial charge >= 0.3 is 6.09 Å². The Kier molecular flexibility index (Phi) is 3.85. The van der Waals surface area contributed by atoms with Crippen LogP contribution in [0.4, 0.5) is 4.79 Å². The van der Waals surface area contributed by atoms with Gasteiger partial charge in [0, 0.05) is 0 Å². The van der Waals surface area contributed by atoms with Gasteiger partial charge in [-0.15, -0.1) is 0 Å². The second-order valence-corrected chi connectivity index (χ2v) is 7.38. The number of ether oxygens (including phenoxy) is 1. The van der Waals surface area contributed by atoms with Crippen LogP contribution in [0.2, 0.25) is 0 Å². The van der Waals surface area contributed by atoms with Crippen LogP contribution < -0.4 is 0 Å². The van der Waals surface area contributed by atoms with E-state index in [2.05, 4.69) is 0 Å². The molecule has 3 rings (SSSR count). The average molecular weight is 331 g/mol. The predicted octanol–water partition coefficient (Wildman–Crippen LogP) is 3.27. The summed E-state index contributed by atoms with van der Waals surface area (Å²) < 4.78 is 31.7. The summed E-state index contributed by atoms with van der Waals surface area (Å²) in [4.78, 5) is 12.3. The molecule has 1 aliphatic rings. The Hall–Kier alpha value is -2.34. The van der Waals surface area contributed by atoms with Crippen LogP contribution in [-0.4, -0.2) is 24.9 Å². The molecule has 120 valence electrons. The summed E-state index contributed by atoms with van der Waals surface area (Å²) in [7, 11) is -3.94. The maximum Gasteiger partial charge on any atom is 0.424 e. The number of nitrogens with zero attached hydrogens (tertiary/aromatic N) is 1. The number of sulfonamides is 1. The van der Waals surface area contributed by atoms with E-state index in [1.807, 2.05) is 37.3 Å². The first-order chi connectivity index (χ1) is 10.9. The summed E-state index contributed by atoms with van der Waals surface area (Å²) in [5.74, 6) is 0. The Labute approximate surface area is 135 Å². The Morgan fingerprint density at radius 3 is 2.22 bits per heavy atom. The number of benzene rings is 2. The summed E-state index contributed by atoms with van der Waals surface area (Å²) in [6, 6.07) is 14.9. The number of aryl methyl sites for hydroxylation is 1. The molecule has 5 nitrogen and oxygen atoms in total. The highest BCUT2D eigenvalue weighted by atomic mass is 32.2. The molecular formula is C17H17NO4S. The van der Waals surface area contributed by atoms with Crippen LogP contribution in [-0.2, 0) is 14.8 Å². The number of rotatable bonds is 3. The van der Waals surface area contributed by atoms with Gasteiger partial charge in [-0.05, 0) is 31.5 Å². The summed E-state index contributed by atoms with van der Waals surface area (Å²) >= 11 is 0. The lowest BCUT2D eigenvalue weighted by atomic mass is 10.0. The summed E-state index contributed by atoms with van der Waals surface area (Å²) in [6.07, 6.45) is -1.45. The van der Waals surface area contributed by atoms with Crippen LogP contribution >= 0.6 is 0 Å². The first kappa shape index (κ1) is 15.6. The fourth-order valence-corrected chi connectivity index (χ4v) is 4.17. The first-order valence-electron chi connectivity index (χ1n) is 7.28. The van der Waals surface area contributed by atoms with E-state index in [-0.39, 0.29) is 4.90 Å². The summed E-state index contributed by atoms with van der Waals surface area (Å²) in [5, 5.41) is 0. The Bertz CT molecular complexity index is 815. The van der Waals surface area contributed by atoms with Gasteiger partial charge in [-0.3, -0.25) is 0 Å². The number of hydrogen-bond donors (Lipinski definition) is 0. The van der Waals surface area contributed by atoms with Gasteiger partial charge in [-0.1, -0.05) is 48.0 Å². The van der Waals surface area contributed by atoms with Gasteiger partial charge < -0.3 is 4.74 Å². The maximum absolute atomic E-state index is 12.8. The fourth-order valence-electron chi connectivity index (χ4n) is 2.68. The molecule has 2 aromatic carbocycles. The normalized spacial score (nSPS) is 21.3. The van der Waals surface area contributed by atoms with Crippen molar-refractivity contribution in [2.24, 2.45) is 0 Å². The number of cyclic esters (lactones) is 1. The zero-order valence-electron chi connectivity index (χ0n) is 12.8. The SMILES string of the molecule is Cc1ccc(S(=O)(=O)N2C(=O)OC(c3ccccc3)C2C)cc1. The molecule has 0 saturated carbocycles. The third-order valence-corrected chi connectivity index (χ3v) is 5.79. The lowest BCUT2D eigenvalue weighted by molar-refractivity contribution is 0.133. The van der Waals surface area contributed by atoms with Gasteiger partial charge in [-0.25, -0.2) is 13.2 Å². The van der Waals surface area contributed by atoms with Crippen LogP contribution in [0.5, 0.6) is 0 Å². The molecule has 1 amide bonds. The van der Waals surface area contributed by atoms with Gasteiger partial charge in [0.05, 0.1) is 10.9 Å². The predicted molar refractivity (Wildman–Crippen MR) is 85.3 cm³/mol. The minimum absolute atomic E-state index is 0.0839. The number of amides is 1. The van der Waals surface area contributed by atoms with E-state index in [0.29, 0.717) is 0 Å². The average Bonchev–Trinajstić information content (AvgIpc) is 2.84. The highest BCUT2D eigenvalue weighted by Gasteiger charge is 2.46. The Balaban J connectivity index is 1.96. The van der Waals surface area contributed by atoms with Crippen molar-refractivity contribution in [1.29, 1.82) is 0 Å². The Morgan fingerprint density at radius 2 is 1.61 bits per heavy atom. The van der Waals surface area contributed by atoms with Crippen molar-refractivity contribution in [3.05, 3.63) is 65.7 Å². The van der Waals surface area contributed by atoms with E-state index in [9.17, 15) is 13.2 Å². The molecule has 0 aromatic heterocycles. The first-order valence-corrected chi connectivity index (χ1v) is 8.72. The van der Waals surface area contributed by atoms with Crippen LogP contribution in [0, 0.1) is 6.92 Å². The van der Waals surface area contributed by atoms with Crippen LogP contribution in [0.15, 0.2) is 59.5 Å². The smallest absolute Gasteiger partial charge is 0.424 e. The van der Waals surface area contributed by atoms with E-state index >= 15 is 0 Å². The van der Waals surface area contributed by atoms with Gasteiger partial charge in [0.1, 0.15) is 0 Å². The van der Waals surface area contributed by atoms with Crippen molar-refractivity contribution in [2.75, 3.05) is 0 Å². The molecule has 0 radical (unpaired) electrons. The topological polar surface area (TPSA) is 63.7 Å². The highest BCUT2D eigenvalue weighted by Crippen LogP contribution is 2.35. The lowest BCUT2D eigenvalue weighted by Crippen LogP contribution is -2.37. The standard InChI is InChI=1S/C17H17NO4S/c1-12-8-10-15(11-9-12)23(20,21)18-13(2)16(22-17(18)19)14-6-4-3-5-7-14/h3-11,13,16H,1-2H3. The molecular weight excluding hydrogens is 314 g/mol. The van der Waals surface area contributed by atoms with E-state index in [1.165, 1.54) is 12.1 Å². The maximum atomic E-state index is 12.8. The zero-order valence-corrected chi connectivity index (χ0v) is 13.7. The van der Waals surface area contributed by atoms with E-state index in [4.69, 9.17) is 4.74 Å². The minimum Gasteiger partial charge on any atom is -0.438 e. The lowest BCUT2D eigenvalue weighted by Gasteiger charge is -2.20.